The predicted molar refractivity (Wildman–Crippen MR) is 41.1 cm³/mol. The van der Waals surface area contributed by atoms with Crippen LogP contribution in [0.1, 0.15) is 0 Å². The van der Waals surface area contributed by atoms with E-state index in [0.29, 0.717) is 4.31 Å². The Morgan fingerprint density at radius 3 is 2.54 bits per heavy atom. The lowest BCUT2D eigenvalue weighted by Crippen LogP contribution is -2.27. The van der Waals surface area contributed by atoms with Gasteiger partial charge in [-0.3, -0.25) is 0 Å². The van der Waals surface area contributed by atoms with E-state index in [0.717, 1.165) is 7.05 Å². The highest BCUT2D eigenvalue weighted by Crippen LogP contribution is 1.97. The van der Waals surface area contributed by atoms with Crippen LogP contribution in [-0.2, 0) is 19.9 Å². The Balaban J connectivity index is 3.61. The van der Waals surface area contributed by atoms with Crippen molar-refractivity contribution in [2.75, 3.05) is 26.8 Å². The average Bonchev–Trinajstić information content (AvgIpc) is 1.95. The first-order valence-electron chi connectivity index (χ1n) is 3.29. The summed E-state index contributed by atoms with van der Waals surface area (Å²) in [5.74, 6) is -1.16. The summed E-state index contributed by atoms with van der Waals surface area (Å²) >= 11 is 0. The molecule has 0 aliphatic heterocycles. The van der Waals surface area contributed by atoms with Crippen molar-refractivity contribution in [3.8, 4) is 0 Å². The van der Waals surface area contributed by atoms with Gasteiger partial charge in [-0.2, -0.15) is 12.7 Å². The summed E-state index contributed by atoms with van der Waals surface area (Å²) in [6, 6.07) is 0. The molecule has 0 aliphatic carbocycles. The molecule has 0 saturated carbocycles. The van der Waals surface area contributed by atoms with Crippen molar-refractivity contribution in [2.45, 2.75) is 0 Å². The largest absolute Gasteiger partial charge is 0.480 e. The number of carboxylic acids is 1. The fraction of sp³-hybridized carbons (Fsp3) is 0.800. The third-order valence-electron chi connectivity index (χ3n) is 1.15. The first-order chi connectivity index (χ1) is 5.84. The van der Waals surface area contributed by atoms with E-state index < -0.39 is 23.0 Å². The van der Waals surface area contributed by atoms with E-state index in [1.165, 1.54) is 0 Å². The maximum absolute atomic E-state index is 12.1. The lowest BCUT2D eigenvalue weighted by molar-refractivity contribution is -0.142. The molecule has 0 rings (SSSR count). The van der Waals surface area contributed by atoms with Crippen molar-refractivity contribution in [2.24, 2.45) is 0 Å². The fourth-order valence-corrected chi connectivity index (χ4v) is 0.754. The van der Waals surface area contributed by atoms with Crippen LogP contribution in [0.5, 0.6) is 0 Å². The zero-order valence-electron chi connectivity index (χ0n) is 6.93. The van der Waals surface area contributed by atoms with Crippen LogP contribution in [0.15, 0.2) is 0 Å². The summed E-state index contributed by atoms with van der Waals surface area (Å²) < 4.78 is 37.3. The molecule has 6 nitrogen and oxygen atoms in total. The number of hydrogen-bond donors (Lipinski definition) is 1. The quantitative estimate of drug-likeness (QED) is 0.464. The van der Waals surface area contributed by atoms with Crippen molar-refractivity contribution in [1.29, 1.82) is 0 Å². The van der Waals surface area contributed by atoms with Gasteiger partial charge in [0.1, 0.15) is 6.61 Å². The molecule has 1 N–H and O–H groups in total. The molecule has 0 radical (unpaired) electrons. The van der Waals surface area contributed by atoms with E-state index in [1.807, 2.05) is 0 Å². The lowest BCUT2D eigenvalue weighted by atomic mass is 10.7. The van der Waals surface area contributed by atoms with Crippen LogP contribution in [0.2, 0.25) is 0 Å². The average molecular weight is 215 g/mol. The van der Waals surface area contributed by atoms with Gasteiger partial charge in [-0.1, -0.05) is 3.89 Å². The van der Waals surface area contributed by atoms with Gasteiger partial charge in [-0.25, -0.2) is 4.79 Å². The Kier molecular flexibility index (Phi) is 4.81. The summed E-state index contributed by atoms with van der Waals surface area (Å²) in [5, 5.41) is 8.11. The van der Waals surface area contributed by atoms with Crippen molar-refractivity contribution < 1.29 is 26.9 Å². The van der Waals surface area contributed by atoms with Gasteiger partial charge in [-0.15, -0.1) is 0 Å². The minimum Gasteiger partial charge on any atom is -0.480 e. The van der Waals surface area contributed by atoms with Crippen molar-refractivity contribution in [1.82, 2.24) is 4.31 Å². The third-order valence-corrected chi connectivity index (χ3v) is 2.08. The van der Waals surface area contributed by atoms with Crippen molar-refractivity contribution >= 4 is 16.4 Å². The number of carbonyl (C=O) groups is 1. The fourth-order valence-electron chi connectivity index (χ4n) is 0.462. The summed E-state index contributed by atoms with van der Waals surface area (Å²) in [4.78, 5) is 9.91. The van der Waals surface area contributed by atoms with Gasteiger partial charge in [0, 0.05) is 13.6 Å². The maximum atomic E-state index is 12.1. The van der Waals surface area contributed by atoms with Crippen LogP contribution in [0.25, 0.3) is 0 Å². The monoisotopic (exact) mass is 215 g/mol. The molecule has 0 heterocycles. The molecule has 0 amide bonds. The second-order valence-corrected chi connectivity index (χ2v) is 3.66. The Morgan fingerprint density at radius 2 is 2.15 bits per heavy atom. The number of halogens is 1. The molecule has 0 aliphatic rings. The number of likely N-dealkylation sites (N-methyl/N-ethyl adjacent to an activating group) is 1. The first kappa shape index (κ1) is 12.3. The molecular formula is C5H10FNO5S. The Labute approximate surface area is 75.2 Å². The minimum absolute atomic E-state index is 0.161. The molecule has 0 saturated heterocycles. The van der Waals surface area contributed by atoms with Crippen LogP contribution >= 0.6 is 0 Å². The number of rotatable bonds is 6. The van der Waals surface area contributed by atoms with E-state index in [2.05, 4.69) is 4.74 Å². The van der Waals surface area contributed by atoms with Crippen LogP contribution in [0.3, 0.4) is 0 Å². The van der Waals surface area contributed by atoms with Gasteiger partial charge < -0.3 is 9.84 Å². The smallest absolute Gasteiger partial charge is 0.374 e. The second-order valence-electron chi connectivity index (χ2n) is 2.21. The number of nitrogens with zero attached hydrogens (tertiary/aromatic N) is 1. The van der Waals surface area contributed by atoms with Crippen LogP contribution < -0.4 is 0 Å². The highest BCUT2D eigenvalue weighted by Gasteiger charge is 2.14. The molecule has 13 heavy (non-hydrogen) atoms. The Hall–Kier alpha value is -0.730. The normalized spacial score (nSPS) is 11.9. The number of ether oxygens (including phenoxy) is 1. The SMILES string of the molecule is CN(CCOCC(=O)O)S(=O)(=O)F. The summed E-state index contributed by atoms with van der Waals surface area (Å²) in [7, 11) is -3.67. The molecule has 0 aromatic heterocycles. The Morgan fingerprint density at radius 1 is 1.62 bits per heavy atom. The molecule has 78 valence electrons. The third kappa shape index (κ3) is 6.43. The van der Waals surface area contributed by atoms with Crippen molar-refractivity contribution in [3.05, 3.63) is 0 Å². The highest BCUT2D eigenvalue weighted by atomic mass is 32.3. The molecule has 0 fully saturated rings. The zero-order chi connectivity index (χ0) is 10.5. The Bertz CT molecular complexity index is 264. The summed E-state index contributed by atoms with van der Waals surface area (Å²) in [6.07, 6.45) is 0. The summed E-state index contributed by atoms with van der Waals surface area (Å²) in [5.41, 5.74) is 0. The minimum atomic E-state index is -4.70. The van der Waals surface area contributed by atoms with Gasteiger partial charge in [0.2, 0.25) is 0 Å². The molecule has 8 heteroatoms. The molecule has 0 spiro atoms. The molecule has 0 aromatic rings. The van der Waals surface area contributed by atoms with Gasteiger partial charge in [0.25, 0.3) is 0 Å². The zero-order valence-corrected chi connectivity index (χ0v) is 7.75. The highest BCUT2D eigenvalue weighted by molar-refractivity contribution is 7.83. The van der Waals surface area contributed by atoms with Crippen LogP contribution in [0, 0.1) is 0 Å². The number of aliphatic carboxylic acids is 1. The van der Waals surface area contributed by atoms with Crippen LogP contribution in [-0.4, -0.2) is 50.6 Å². The standard InChI is InChI=1S/C5H10FNO5S/c1-7(13(6,10)11)2-3-12-4-5(8)9/h2-4H2,1H3,(H,8,9). The summed E-state index contributed by atoms with van der Waals surface area (Å²) in [6.45, 7) is -0.905. The van der Waals surface area contributed by atoms with E-state index in [9.17, 15) is 17.1 Å². The number of carboxylic acid groups (broad SMARTS) is 1. The van der Waals surface area contributed by atoms with E-state index in [-0.39, 0.29) is 13.2 Å². The lowest BCUT2D eigenvalue weighted by Gasteiger charge is -2.09. The van der Waals surface area contributed by atoms with Crippen LogP contribution in [0.4, 0.5) is 3.89 Å². The van der Waals surface area contributed by atoms with E-state index >= 15 is 0 Å². The first-order valence-corrected chi connectivity index (χ1v) is 4.63. The predicted octanol–water partition coefficient (Wildman–Crippen LogP) is -0.766. The van der Waals surface area contributed by atoms with Gasteiger partial charge >= 0.3 is 16.4 Å². The molecule has 0 bridgehead atoms. The van der Waals surface area contributed by atoms with Crippen molar-refractivity contribution in [3.63, 3.8) is 0 Å². The second kappa shape index (κ2) is 5.10. The molecule has 0 unspecified atom stereocenters. The molecule has 0 atom stereocenters. The topological polar surface area (TPSA) is 83.9 Å². The van der Waals surface area contributed by atoms with E-state index in [1.54, 1.807) is 0 Å². The molecular weight excluding hydrogens is 205 g/mol. The van der Waals surface area contributed by atoms with Gasteiger partial charge in [0.15, 0.2) is 0 Å². The van der Waals surface area contributed by atoms with Gasteiger partial charge in [-0.05, 0) is 0 Å². The molecule has 0 aromatic carbocycles. The van der Waals surface area contributed by atoms with E-state index in [4.69, 9.17) is 5.11 Å². The van der Waals surface area contributed by atoms with Gasteiger partial charge in [0.05, 0.1) is 6.61 Å². The number of hydrogen-bond acceptors (Lipinski definition) is 4. The maximum Gasteiger partial charge on any atom is 0.374 e.